The van der Waals surface area contributed by atoms with E-state index in [-0.39, 0.29) is 6.04 Å². The van der Waals surface area contributed by atoms with Crippen molar-refractivity contribution >= 4 is 5.82 Å². The van der Waals surface area contributed by atoms with Gasteiger partial charge < -0.3 is 15.0 Å². The Morgan fingerprint density at radius 3 is 2.86 bits per heavy atom. The van der Waals surface area contributed by atoms with Crippen LogP contribution in [-0.2, 0) is 4.74 Å². The summed E-state index contributed by atoms with van der Waals surface area (Å²) in [6, 6.07) is 4.44. The summed E-state index contributed by atoms with van der Waals surface area (Å²) in [6.45, 7) is 1.22. The van der Waals surface area contributed by atoms with E-state index in [0.29, 0.717) is 25.1 Å². The van der Waals surface area contributed by atoms with Crippen LogP contribution < -0.4 is 10.2 Å². The maximum Gasteiger partial charge on any atom is 0.151 e. The van der Waals surface area contributed by atoms with Crippen molar-refractivity contribution in [3.05, 3.63) is 18.3 Å². The highest BCUT2D eigenvalue weighted by Crippen LogP contribution is 2.26. The molecule has 1 saturated carbocycles. The molecule has 2 aliphatic rings. The van der Waals surface area contributed by atoms with Gasteiger partial charge in [-0.05, 0) is 37.8 Å². The van der Waals surface area contributed by atoms with Gasteiger partial charge >= 0.3 is 0 Å². The molecule has 0 bridgehead atoms. The first-order valence-corrected chi connectivity index (χ1v) is 8.21. The maximum absolute atomic E-state index is 13.8. The highest BCUT2D eigenvalue weighted by Gasteiger charge is 2.33. The maximum atomic E-state index is 13.8. The number of nitrogens with one attached hydrogen (secondary N) is 1. The minimum absolute atomic E-state index is 0.159. The molecule has 1 aliphatic heterocycles. The molecule has 122 valence electrons. The summed E-state index contributed by atoms with van der Waals surface area (Å²) < 4.78 is 19.2. The van der Waals surface area contributed by atoms with Crippen molar-refractivity contribution in [2.45, 2.75) is 56.5 Å². The third kappa shape index (κ3) is 3.73. The van der Waals surface area contributed by atoms with Crippen LogP contribution in [0.3, 0.4) is 0 Å². The van der Waals surface area contributed by atoms with E-state index < -0.39 is 6.17 Å². The predicted octanol–water partition coefficient (Wildman–Crippen LogP) is 1.94. The van der Waals surface area contributed by atoms with Crippen molar-refractivity contribution < 1.29 is 9.13 Å². The van der Waals surface area contributed by atoms with Crippen molar-refractivity contribution in [3.63, 3.8) is 0 Å². The van der Waals surface area contributed by atoms with Crippen molar-refractivity contribution in [2.24, 2.45) is 0 Å². The minimum atomic E-state index is -0.780. The fraction of sp³-hybridized carbons (Fsp3) is 0.750. The Balaban J connectivity index is 1.53. The van der Waals surface area contributed by atoms with Crippen LogP contribution in [0.2, 0.25) is 0 Å². The molecule has 0 unspecified atom stereocenters. The Bertz CT molecular complexity index is 453. The van der Waals surface area contributed by atoms with Gasteiger partial charge in [0, 0.05) is 38.4 Å². The Morgan fingerprint density at radius 1 is 1.36 bits per heavy atom. The van der Waals surface area contributed by atoms with E-state index in [4.69, 9.17) is 4.74 Å². The number of halogens is 1. The van der Waals surface area contributed by atoms with Crippen LogP contribution in [-0.4, -0.2) is 54.8 Å². The number of hydrogen-bond donors (Lipinski definition) is 1. The molecule has 1 aromatic heterocycles. The molecule has 5 nitrogen and oxygen atoms in total. The summed E-state index contributed by atoms with van der Waals surface area (Å²) in [4.78, 5) is 2.05. The molecular weight excluding hydrogens is 283 g/mol. The number of ether oxygens (including phenoxy) is 1. The molecule has 1 aliphatic carbocycles. The molecule has 0 aromatic carbocycles. The summed E-state index contributed by atoms with van der Waals surface area (Å²) in [5, 5.41) is 11.7. The third-order valence-corrected chi connectivity index (χ3v) is 4.87. The summed E-state index contributed by atoms with van der Waals surface area (Å²) in [5.41, 5.74) is 0. The van der Waals surface area contributed by atoms with Crippen molar-refractivity contribution in [1.29, 1.82) is 0 Å². The van der Waals surface area contributed by atoms with Crippen LogP contribution >= 0.6 is 0 Å². The van der Waals surface area contributed by atoms with Gasteiger partial charge in [-0.2, -0.15) is 5.10 Å². The fourth-order valence-corrected chi connectivity index (χ4v) is 3.59. The van der Waals surface area contributed by atoms with Crippen LogP contribution in [0.15, 0.2) is 18.3 Å². The second-order valence-corrected chi connectivity index (χ2v) is 6.34. The topological polar surface area (TPSA) is 50.3 Å². The molecule has 1 N–H and O–H groups in total. The summed E-state index contributed by atoms with van der Waals surface area (Å²) in [6.07, 6.45) is 6.33. The van der Waals surface area contributed by atoms with E-state index in [9.17, 15) is 4.39 Å². The highest BCUT2D eigenvalue weighted by molar-refractivity contribution is 5.40. The SMILES string of the molecule is COC1CCC(NC[C@@H]2C[C@H](F)CN2c2cccnn2)CC1. The van der Waals surface area contributed by atoms with E-state index in [2.05, 4.69) is 15.5 Å². The molecule has 3 rings (SSSR count). The van der Waals surface area contributed by atoms with Gasteiger partial charge in [-0.3, -0.25) is 0 Å². The molecule has 2 heterocycles. The number of aromatic nitrogens is 2. The number of methoxy groups -OCH3 is 1. The molecule has 1 saturated heterocycles. The lowest BCUT2D eigenvalue weighted by molar-refractivity contribution is 0.0624. The van der Waals surface area contributed by atoms with Crippen LogP contribution in [0, 0.1) is 0 Å². The zero-order valence-electron chi connectivity index (χ0n) is 13.1. The van der Waals surface area contributed by atoms with Crippen LogP contribution in [0.25, 0.3) is 0 Å². The number of alkyl halides is 1. The molecule has 0 amide bonds. The summed E-state index contributed by atoms with van der Waals surface area (Å²) in [5.74, 6) is 0.776. The zero-order chi connectivity index (χ0) is 15.4. The average molecular weight is 308 g/mol. The van der Waals surface area contributed by atoms with Crippen LogP contribution in [0.5, 0.6) is 0 Å². The zero-order valence-corrected chi connectivity index (χ0v) is 13.1. The monoisotopic (exact) mass is 308 g/mol. The van der Waals surface area contributed by atoms with Crippen molar-refractivity contribution in [3.8, 4) is 0 Å². The molecular formula is C16H25FN4O. The van der Waals surface area contributed by atoms with E-state index in [1.54, 1.807) is 13.3 Å². The fourth-order valence-electron chi connectivity index (χ4n) is 3.59. The van der Waals surface area contributed by atoms with Gasteiger partial charge in [0.15, 0.2) is 5.82 Å². The second kappa shape index (κ2) is 7.33. The first-order chi connectivity index (χ1) is 10.8. The van der Waals surface area contributed by atoms with E-state index in [1.807, 2.05) is 17.0 Å². The van der Waals surface area contributed by atoms with E-state index >= 15 is 0 Å². The number of hydrogen-bond acceptors (Lipinski definition) is 5. The standard InChI is InChI=1S/C16H25FN4O/c1-22-15-6-4-13(5-7-15)18-10-14-9-12(17)11-21(14)16-3-2-8-19-20-16/h2-3,8,12-15,18H,4-7,9-11H2,1H3/t12-,13?,14-,15?/m0/s1. The van der Waals surface area contributed by atoms with E-state index in [0.717, 1.165) is 38.0 Å². The molecule has 6 heteroatoms. The molecule has 0 spiro atoms. The van der Waals surface area contributed by atoms with Gasteiger partial charge in [0.05, 0.1) is 12.6 Å². The van der Waals surface area contributed by atoms with Gasteiger partial charge in [0.25, 0.3) is 0 Å². The third-order valence-electron chi connectivity index (χ3n) is 4.87. The van der Waals surface area contributed by atoms with Gasteiger partial charge in [0.1, 0.15) is 6.17 Å². The van der Waals surface area contributed by atoms with Gasteiger partial charge in [-0.25, -0.2) is 4.39 Å². The number of nitrogens with zero attached hydrogens (tertiary/aromatic N) is 3. The molecule has 2 atom stereocenters. The van der Waals surface area contributed by atoms with Crippen LogP contribution in [0.4, 0.5) is 10.2 Å². The molecule has 2 fully saturated rings. The Morgan fingerprint density at radius 2 is 2.18 bits per heavy atom. The lowest BCUT2D eigenvalue weighted by atomic mass is 9.93. The second-order valence-electron chi connectivity index (χ2n) is 6.34. The smallest absolute Gasteiger partial charge is 0.151 e. The summed E-state index contributed by atoms with van der Waals surface area (Å²) in [7, 11) is 1.79. The van der Waals surface area contributed by atoms with Gasteiger partial charge in [-0.15, -0.1) is 5.10 Å². The number of rotatable bonds is 5. The average Bonchev–Trinajstić information content (AvgIpc) is 2.95. The molecule has 0 radical (unpaired) electrons. The normalized spacial score (nSPS) is 32.4. The van der Waals surface area contributed by atoms with Crippen molar-refractivity contribution in [1.82, 2.24) is 15.5 Å². The number of anilines is 1. The highest BCUT2D eigenvalue weighted by atomic mass is 19.1. The Labute approximate surface area is 131 Å². The van der Waals surface area contributed by atoms with Crippen LogP contribution in [0.1, 0.15) is 32.1 Å². The quantitative estimate of drug-likeness (QED) is 0.901. The van der Waals surface area contributed by atoms with Gasteiger partial charge in [0.2, 0.25) is 0 Å². The molecule has 22 heavy (non-hydrogen) atoms. The largest absolute Gasteiger partial charge is 0.381 e. The first-order valence-electron chi connectivity index (χ1n) is 8.21. The minimum Gasteiger partial charge on any atom is -0.381 e. The Kier molecular flexibility index (Phi) is 5.20. The predicted molar refractivity (Wildman–Crippen MR) is 83.7 cm³/mol. The lowest BCUT2D eigenvalue weighted by Gasteiger charge is -2.31. The molecule has 1 aromatic rings. The first kappa shape index (κ1) is 15.6. The lowest BCUT2D eigenvalue weighted by Crippen LogP contribution is -2.44. The summed E-state index contributed by atoms with van der Waals surface area (Å²) >= 11 is 0. The Hall–Kier alpha value is -1.27. The van der Waals surface area contributed by atoms with Gasteiger partial charge in [-0.1, -0.05) is 0 Å². The van der Waals surface area contributed by atoms with E-state index in [1.165, 1.54) is 0 Å². The van der Waals surface area contributed by atoms with Crippen molar-refractivity contribution in [2.75, 3.05) is 25.1 Å².